The third-order valence-corrected chi connectivity index (χ3v) is 4.76. The monoisotopic (exact) mass is 526 g/mol. The van der Waals surface area contributed by atoms with E-state index in [1.807, 2.05) is 0 Å². The van der Waals surface area contributed by atoms with Crippen LogP contribution in [0.4, 0.5) is 65.9 Å². The van der Waals surface area contributed by atoms with Crippen molar-refractivity contribution >= 4 is 10.1 Å². The number of unbranched alkanes of at least 4 members (excludes halogenated alkanes) is 1. The Kier molecular flexibility index (Phi) is 9.72. The van der Waals surface area contributed by atoms with Crippen molar-refractivity contribution in [2.24, 2.45) is 0 Å². The molecule has 0 spiro atoms. The average Bonchev–Trinajstić information content (AvgIpc) is 2.57. The van der Waals surface area contributed by atoms with E-state index < -0.39 is 69.9 Å². The van der Waals surface area contributed by atoms with Crippen molar-refractivity contribution in [1.82, 2.24) is 0 Å². The molecule has 0 aliphatic heterocycles. The smallest absolute Gasteiger partial charge is 0.743 e. The zero-order valence-corrected chi connectivity index (χ0v) is 16.3. The van der Waals surface area contributed by atoms with Crippen LogP contribution in [-0.4, -0.2) is 59.9 Å². The molecule has 20 heteroatoms. The van der Waals surface area contributed by atoms with Gasteiger partial charge in [0.15, 0.2) is 16.3 Å². The van der Waals surface area contributed by atoms with Gasteiger partial charge < -0.3 is 4.55 Å². The summed E-state index contributed by atoms with van der Waals surface area (Å²) >= 11 is 0. The molecule has 0 aliphatic rings. The molecular formula is C12H10F15LiO3S. The van der Waals surface area contributed by atoms with Crippen LogP contribution in [0, 0.1) is 0 Å². The zero-order chi connectivity index (χ0) is 25.7. The van der Waals surface area contributed by atoms with E-state index >= 15 is 0 Å². The molecule has 32 heavy (non-hydrogen) atoms. The van der Waals surface area contributed by atoms with Gasteiger partial charge in [-0.15, -0.1) is 0 Å². The maximum atomic E-state index is 13.4. The van der Waals surface area contributed by atoms with E-state index in [0.29, 0.717) is 0 Å². The normalized spacial score (nSPS) is 16.5. The summed E-state index contributed by atoms with van der Waals surface area (Å²) in [6.45, 7) is 1.12. The van der Waals surface area contributed by atoms with Crippen molar-refractivity contribution < 1.29 is 97.7 Å². The van der Waals surface area contributed by atoms with Gasteiger partial charge in [0.1, 0.15) is 0 Å². The van der Waals surface area contributed by atoms with Crippen LogP contribution >= 0.6 is 0 Å². The standard InChI is InChI=1S/C12H11F15O3S.Li/c1-2-3-4-5(13)6(14,15)7(16,17)8(18,19)9(20,21)10(22,23)11(24,25)12(26,27)31(28,29)30;/h5H,2-4H2,1H3,(H,28,29,30);/q;+1/p-1. The van der Waals surface area contributed by atoms with Crippen LogP contribution in [0.3, 0.4) is 0 Å². The van der Waals surface area contributed by atoms with E-state index in [1.165, 1.54) is 0 Å². The second-order valence-corrected chi connectivity index (χ2v) is 7.50. The fourth-order valence-corrected chi connectivity index (χ4v) is 2.34. The van der Waals surface area contributed by atoms with E-state index in [9.17, 15) is 78.8 Å². The van der Waals surface area contributed by atoms with Gasteiger partial charge in [0.05, 0.1) is 0 Å². The maximum absolute atomic E-state index is 13.4. The Morgan fingerprint density at radius 2 is 1.00 bits per heavy atom. The Labute approximate surface area is 181 Å². The first-order valence-corrected chi connectivity index (χ1v) is 8.88. The fraction of sp³-hybridized carbons (Fsp3) is 1.00. The molecule has 1 unspecified atom stereocenters. The van der Waals surface area contributed by atoms with Gasteiger partial charge in [-0.3, -0.25) is 0 Å². The van der Waals surface area contributed by atoms with Gasteiger partial charge in [0.2, 0.25) is 0 Å². The van der Waals surface area contributed by atoms with E-state index in [4.69, 9.17) is 0 Å². The minimum atomic E-state index is -8.57. The number of hydrogen-bond acceptors (Lipinski definition) is 3. The van der Waals surface area contributed by atoms with Crippen molar-refractivity contribution in [2.75, 3.05) is 0 Å². The third kappa shape index (κ3) is 4.54. The quantitative estimate of drug-likeness (QED) is 0.236. The van der Waals surface area contributed by atoms with Crippen molar-refractivity contribution in [1.29, 1.82) is 0 Å². The Morgan fingerprint density at radius 1 is 0.688 bits per heavy atom. The Morgan fingerprint density at radius 3 is 1.31 bits per heavy atom. The maximum Gasteiger partial charge on any atom is 1.00 e. The molecule has 0 fully saturated rings. The molecule has 0 radical (unpaired) electrons. The third-order valence-electron chi connectivity index (χ3n) is 3.88. The minimum Gasteiger partial charge on any atom is -0.743 e. The summed E-state index contributed by atoms with van der Waals surface area (Å²) in [5, 5.41) is -7.80. The van der Waals surface area contributed by atoms with Gasteiger partial charge in [-0.25, -0.2) is 12.8 Å². The number of hydrogen-bond donors (Lipinski definition) is 0. The average molecular weight is 526 g/mol. The molecule has 0 amide bonds. The largest absolute Gasteiger partial charge is 1.00 e. The van der Waals surface area contributed by atoms with E-state index in [0.717, 1.165) is 6.92 Å². The molecule has 3 nitrogen and oxygen atoms in total. The van der Waals surface area contributed by atoms with Crippen LogP contribution in [0.1, 0.15) is 26.2 Å². The van der Waals surface area contributed by atoms with Crippen LogP contribution in [-0.2, 0) is 10.1 Å². The second kappa shape index (κ2) is 9.25. The summed E-state index contributed by atoms with van der Waals surface area (Å²) in [5.41, 5.74) is 0. The van der Waals surface area contributed by atoms with Crippen LogP contribution in [0.15, 0.2) is 0 Å². The summed E-state index contributed by atoms with van der Waals surface area (Å²) in [7, 11) is -8.02. The summed E-state index contributed by atoms with van der Waals surface area (Å²) < 4.78 is 229. The van der Waals surface area contributed by atoms with Gasteiger partial charge in [-0.1, -0.05) is 19.8 Å². The van der Waals surface area contributed by atoms with Crippen LogP contribution < -0.4 is 18.9 Å². The molecule has 0 aromatic rings. The van der Waals surface area contributed by atoms with Gasteiger partial charge in [0, 0.05) is 0 Å². The SMILES string of the molecule is CCCCC(F)C(F)(F)C(F)(F)C(F)(F)C(F)(F)C(F)(F)C(F)(F)C(F)(F)S(=O)(=O)[O-].[Li+]. The van der Waals surface area contributed by atoms with Crippen molar-refractivity contribution in [2.45, 2.75) is 73.1 Å². The number of rotatable bonds is 11. The van der Waals surface area contributed by atoms with Crippen molar-refractivity contribution in [3.05, 3.63) is 0 Å². The molecule has 0 bridgehead atoms. The summed E-state index contributed by atoms with van der Waals surface area (Å²) in [6, 6.07) is 0. The van der Waals surface area contributed by atoms with Gasteiger partial charge in [-0.05, 0) is 6.42 Å². The molecule has 1 atom stereocenters. The predicted octanol–water partition coefficient (Wildman–Crippen LogP) is 2.47. The molecule has 0 heterocycles. The first-order chi connectivity index (χ1) is 13.2. The molecule has 0 saturated heterocycles. The van der Waals surface area contributed by atoms with Crippen LogP contribution in [0.5, 0.6) is 0 Å². The molecule has 0 rings (SSSR count). The first-order valence-electron chi connectivity index (χ1n) is 7.47. The fourth-order valence-electron chi connectivity index (χ4n) is 1.90. The first kappa shape index (κ1) is 33.6. The van der Waals surface area contributed by atoms with Gasteiger partial charge in [-0.2, -0.15) is 61.5 Å². The van der Waals surface area contributed by atoms with Crippen molar-refractivity contribution in [3.63, 3.8) is 0 Å². The van der Waals surface area contributed by atoms with Crippen molar-refractivity contribution in [3.8, 4) is 0 Å². The summed E-state index contributed by atoms with van der Waals surface area (Å²) in [6.07, 6.45) is -7.14. The van der Waals surface area contributed by atoms with Crippen LogP contribution in [0.2, 0.25) is 0 Å². The minimum absolute atomic E-state index is 0. The molecule has 0 saturated carbocycles. The van der Waals surface area contributed by atoms with E-state index in [2.05, 4.69) is 0 Å². The molecule has 0 aliphatic carbocycles. The Hall–Kier alpha value is -0.543. The Balaban J connectivity index is 0. The summed E-state index contributed by atoms with van der Waals surface area (Å²) in [4.78, 5) is 0. The predicted molar refractivity (Wildman–Crippen MR) is 68.7 cm³/mol. The molecular weight excluding hydrogens is 516 g/mol. The zero-order valence-electron chi connectivity index (χ0n) is 15.5. The molecule has 0 aromatic heterocycles. The number of alkyl halides is 15. The van der Waals surface area contributed by atoms with Gasteiger partial charge in [0.25, 0.3) is 0 Å². The molecule has 0 aromatic carbocycles. The topological polar surface area (TPSA) is 57.2 Å². The molecule has 188 valence electrons. The number of halogens is 15. The summed E-state index contributed by atoms with van der Waals surface area (Å²) in [5.74, 6) is -48.7. The second-order valence-electron chi connectivity index (χ2n) is 6.08. The molecule has 0 N–H and O–H groups in total. The van der Waals surface area contributed by atoms with Gasteiger partial charge >= 0.3 is 59.7 Å². The van der Waals surface area contributed by atoms with Crippen LogP contribution in [0.25, 0.3) is 0 Å². The van der Waals surface area contributed by atoms with E-state index in [1.54, 1.807) is 0 Å². The Bertz CT molecular complexity index is 753. The van der Waals surface area contributed by atoms with E-state index in [-0.39, 0.29) is 25.3 Å².